The molecular weight excluding hydrogens is 249 g/mol. The number of hydrogen-bond donors (Lipinski definition) is 4. The second-order valence-electron chi connectivity index (χ2n) is 3.88. The van der Waals surface area contributed by atoms with Gasteiger partial charge in [0.1, 0.15) is 24.6 Å². The molecule has 4 atom stereocenters. The Morgan fingerprint density at radius 3 is 2.67 bits per heavy atom. The molecule has 0 unspecified atom stereocenters. The van der Waals surface area contributed by atoms with Crippen molar-refractivity contribution in [1.82, 2.24) is 9.55 Å². The topological polar surface area (TPSA) is 131 Å². The van der Waals surface area contributed by atoms with Crippen LogP contribution in [0.15, 0.2) is 6.33 Å². The van der Waals surface area contributed by atoms with Crippen LogP contribution in [0.2, 0.25) is 0 Å². The Balaban J connectivity index is 2.30. The average Bonchev–Trinajstić information content (AvgIpc) is 2.82. The van der Waals surface area contributed by atoms with Crippen LogP contribution in [-0.4, -0.2) is 55.7 Å². The summed E-state index contributed by atoms with van der Waals surface area (Å²) in [6.45, 7) is -0.534. The predicted octanol–water partition coefficient (Wildman–Crippen LogP) is -2.27. The normalized spacial score (nSPS) is 31.8. The van der Waals surface area contributed by atoms with E-state index in [9.17, 15) is 19.4 Å². The van der Waals surface area contributed by atoms with Crippen LogP contribution in [0.3, 0.4) is 0 Å². The average molecular weight is 261 g/mol. The summed E-state index contributed by atoms with van der Waals surface area (Å²) in [6.07, 6.45) is -4.21. The van der Waals surface area contributed by atoms with Gasteiger partial charge in [-0.1, -0.05) is 0 Å². The Labute approximate surface area is 100 Å². The highest BCUT2D eigenvalue weighted by molar-refractivity contribution is 5.90. The Kier molecular flexibility index (Phi) is 3.30. The number of halogens is 1. The first-order valence-electron chi connectivity index (χ1n) is 5.12. The Morgan fingerprint density at radius 1 is 1.56 bits per heavy atom. The molecule has 1 aliphatic heterocycles. The summed E-state index contributed by atoms with van der Waals surface area (Å²) in [7, 11) is 0. The van der Waals surface area contributed by atoms with E-state index in [4.69, 9.17) is 15.6 Å². The lowest BCUT2D eigenvalue weighted by Gasteiger charge is -2.16. The monoisotopic (exact) mass is 261 g/mol. The summed E-state index contributed by atoms with van der Waals surface area (Å²) in [5.41, 5.74) is 4.30. The molecule has 5 N–H and O–H groups in total. The van der Waals surface area contributed by atoms with Gasteiger partial charge in [-0.2, -0.15) is 4.39 Å². The van der Waals surface area contributed by atoms with E-state index in [2.05, 4.69) is 4.98 Å². The zero-order valence-electron chi connectivity index (χ0n) is 9.10. The van der Waals surface area contributed by atoms with E-state index in [1.54, 1.807) is 0 Å². The van der Waals surface area contributed by atoms with E-state index >= 15 is 0 Å². The van der Waals surface area contributed by atoms with Crippen LogP contribution >= 0.6 is 0 Å². The van der Waals surface area contributed by atoms with E-state index < -0.39 is 48.7 Å². The van der Waals surface area contributed by atoms with Gasteiger partial charge in [0.2, 0.25) is 5.95 Å². The number of aliphatic hydroxyl groups excluding tert-OH is 3. The number of aromatic nitrogens is 2. The van der Waals surface area contributed by atoms with Crippen molar-refractivity contribution in [3.05, 3.63) is 18.0 Å². The van der Waals surface area contributed by atoms with Gasteiger partial charge in [-0.15, -0.1) is 0 Å². The molecular formula is C9H12FN3O5. The van der Waals surface area contributed by atoms with Crippen molar-refractivity contribution in [2.24, 2.45) is 5.73 Å². The second-order valence-corrected chi connectivity index (χ2v) is 3.88. The van der Waals surface area contributed by atoms with Crippen LogP contribution in [0.5, 0.6) is 0 Å². The number of aliphatic hydroxyl groups is 3. The van der Waals surface area contributed by atoms with Crippen LogP contribution in [0.1, 0.15) is 16.7 Å². The Bertz CT molecular complexity index is 465. The van der Waals surface area contributed by atoms with Crippen molar-refractivity contribution in [2.75, 3.05) is 6.61 Å². The fourth-order valence-electron chi connectivity index (χ4n) is 1.80. The summed E-state index contributed by atoms with van der Waals surface area (Å²) < 4.78 is 19.5. The number of nitrogens with zero attached hydrogens (tertiary/aromatic N) is 2. The number of rotatable bonds is 3. The molecule has 1 aromatic heterocycles. The van der Waals surface area contributed by atoms with Gasteiger partial charge in [-0.05, 0) is 0 Å². The van der Waals surface area contributed by atoms with Gasteiger partial charge in [-0.25, -0.2) is 4.98 Å². The lowest BCUT2D eigenvalue weighted by Crippen LogP contribution is -2.33. The van der Waals surface area contributed by atoms with Crippen molar-refractivity contribution in [1.29, 1.82) is 0 Å². The predicted molar refractivity (Wildman–Crippen MR) is 53.7 cm³/mol. The summed E-state index contributed by atoms with van der Waals surface area (Å²) in [5, 5.41) is 28.1. The van der Waals surface area contributed by atoms with E-state index in [-0.39, 0.29) is 0 Å². The quantitative estimate of drug-likeness (QED) is 0.485. The van der Waals surface area contributed by atoms with Crippen LogP contribution in [0, 0.1) is 5.95 Å². The number of primary amides is 1. The first-order chi connectivity index (χ1) is 8.47. The van der Waals surface area contributed by atoms with Gasteiger partial charge in [-0.3, -0.25) is 9.36 Å². The molecule has 2 heterocycles. The third-order valence-electron chi connectivity index (χ3n) is 2.76. The molecule has 0 saturated carbocycles. The van der Waals surface area contributed by atoms with Crippen LogP contribution in [-0.2, 0) is 4.74 Å². The molecule has 0 radical (unpaired) electrons. The van der Waals surface area contributed by atoms with Crippen molar-refractivity contribution in [3.63, 3.8) is 0 Å². The van der Waals surface area contributed by atoms with E-state index in [1.807, 2.05) is 0 Å². The molecule has 9 heteroatoms. The minimum absolute atomic E-state index is 0.534. The zero-order valence-corrected chi connectivity index (χ0v) is 9.10. The highest BCUT2D eigenvalue weighted by Gasteiger charge is 2.44. The molecule has 1 aliphatic rings. The highest BCUT2D eigenvalue weighted by atomic mass is 19.1. The SMILES string of the molecule is NC(=O)c1ncn([C@@H]2O[C@H](CO)[C@@H](O)[C@H]2O)c1F. The van der Waals surface area contributed by atoms with Crippen molar-refractivity contribution in [3.8, 4) is 0 Å². The number of ether oxygens (including phenoxy) is 1. The fraction of sp³-hybridized carbons (Fsp3) is 0.556. The van der Waals surface area contributed by atoms with Crippen molar-refractivity contribution >= 4 is 5.91 Å². The largest absolute Gasteiger partial charge is 0.394 e. The van der Waals surface area contributed by atoms with Gasteiger partial charge in [0.25, 0.3) is 5.91 Å². The summed E-state index contributed by atoms with van der Waals surface area (Å²) in [5.74, 6) is -2.13. The second kappa shape index (κ2) is 4.61. The molecule has 1 aromatic rings. The molecule has 8 nitrogen and oxygen atoms in total. The van der Waals surface area contributed by atoms with Crippen molar-refractivity contribution < 1.29 is 29.2 Å². The molecule has 1 saturated heterocycles. The van der Waals surface area contributed by atoms with Gasteiger partial charge < -0.3 is 25.8 Å². The molecule has 18 heavy (non-hydrogen) atoms. The molecule has 0 bridgehead atoms. The summed E-state index contributed by atoms with van der Waals surface area (Å²) >= 11 is 0. The third-order valence-corrected chi connectivity index (χ3v) is 2.76. The minimum atomic E-state index is -1.45. The fourth-order valence-corrected chi connectivity index (χ4v) is 1.80. The smallest absolute Gasteiger partial charge is 0.272 e. The molecule has 0 aliphatic carbocycles. The molecule has 100 valence electrons. The molecule has 2 rings (SSSR count). The maximum atomic E-state index is 13.7. The van der Waals surface area contributed by atoms with Gasteiger partial charge in [0.15, 0.2) is 11.9 Å². The maximum absolute atomic E-state index is 13.7. The Hall–Kier alpha value is -1.55. The van der Waals surface area contributed by atoms with Crippen molar-refractivity contribution in [2.45, 2.75) is 24.5 Å². The molecule has 1 amide bonds. The van der Waals surface area contributed by atoms with Crippen LogP contribution in [0.4, 0.5) is 4.39 Å². The highest BCUT2D eigenvalue weighted by Crippen LogP contribution is 2.30. The number of carbonyl (C=O) groups is 1. The lowest BCUT2D eigenvalue weighted by atomic mass is 10.1. The molecule has 0 aromatic carbocycles. The lowest BCUT2D eigenvalue weighted by molar-refractivity contribution is -0.0572. The van der Waals surface area contributed by atoms with E-state index in [1.165, 1.54) is 0 Å². The number of hydrogen-bond acceptors (Lipinski definition) is 6. The third kappa shape index (κ3) is 1.86. The standard InChI is InChI=1S/C9H12FN3O5/c10-7-4(8(11)17)12-2-13(7)9-6(16)5(15)3(1-14)18-9/h2-3,5-6,9,14-16H,1H2,(H2,11,17)/t3-,5-,6-,9-/m1/s1. The first-order valence-corrected chi connectivity index (χ1v) is 5.12. The number of imidazole rings is 1. The molecule has 1 fully saturated rings. The van der Waals surface area contributed by atoms with E-state index in [0.29, 0.717) is 0 Å². The van der Waals surface area contributed by atoms with Gasteiger partial charge >= 0.3 is 0 Å². The van der Waals surface area contributed by atoms with Crippen LogP contribution < -0.4 is 5.73 Å². The van der Waals surface area contributed by atoms with E-state index in [0.717, 1.165) is 10.9 Å². The first kappa shape index (κ1) is 12.9. The summed E-state index contributed by atoms with van der Waals surface area (Å²) in [4.78, 5) is 14.3. The Morgan fingerprint density at radius 2 is 2.22 bits per heavy atom. The van der Waals surface area contributed by atoms with Gasteiger partial charge in [0, 0.05) is 0 Å². The number of amides is 1. The summed E-state index contributed by atoms with van der Waals surface area (Å²) in [6, 6.07) is 0. The molecule has 0 spiro atoms. The number of nitrogens with two attached hydrogens (primary N) is 1. The zero-order chi connectivity index (χ0) is 13.4. The van der Waals surface area contributed by atoms with Gasteiger partial charge in [0.05, 0.1) is 6.61 Å². The van der Waals surface area contributed by atoms with Crippen LogP contribution in [0.25, 0.3) is 0 Å². The minimum Gasteiger partial charge on any atom is -0.394 e. The number of carbonyl (C=O) groups excluding carboxylic acids is 1. The maximum Gasteiger partial charge on any atom is 0.272 e.